The van der Waals surface area contributed by atoms with E-state index in [1.165, 1.54) is 10.6 Å². The molecule has 2 rings (SSSR count). The van der Waals surface area contributed by atoms with E-state index in [9.17, 15) is 13.2 Å². The number of para-hydroxylation sites is 1. The van der Waals surface area contributed by atoms with Crippen LogP contribution in [0.3, 0.4) is 0 Å². The molecular formula is C20H26N2O3S. The van der Waals surface area contributed by atoms with Crippen molar-refractivity contribution in [1.82, 2.24) is 4.31 Å². The highest BCUT2D eigenvalue weighted by atomic mass is 32.2. The third kappa shape index (κ3) is 5.97. The molecule has 1 N–H and O–H groups in total. The molecule has 1 amide bonds. The summed E-state index contributed by atoms with van der Waals surface area (Å²) in [6.45, 7) is 4.53. The third-order valence-corrected chi connectivity index (χ3v) is 5.37. The van der Waals surface area contributed by atoms with Gasteiger partial charge < -0.3 is 5.32 Å². The van der Waals surface area contributed by atoms with Gasteiger partial charge in [-0.15, -0.1) is 0 Å². The fraction of sp³-hybridized carbons (Fsp3) is 0.350. The van der Waals surface area contributed by atoms with Crippen molar-refractivity contribution in [2.45, 2.75) is 32.7 Å². The van der Waals surface area contributed by atoms with Crippen LogP contribution in [0.5, 0.6) is 0 Å². The molecule has 0 atom stereocenters. The molecule has 0 bridgehead atoms. The maximum Gasteiger partial charge on any atom is 0.225 e. The first kappa shape index (κ1) is 20.1. The lowest BCUT2D eigenvalue weighted by Gasteiger charge is -2.20. The molecule has 0 heterocycles. The second-order valence-electron chi connectivity index (χ2n) is 6.62. The van der Waals surface area contributed by atoms with E-state index in [0.717, 1.165) is 16.8 Å². The highest BCUT2D eigenvalue weighted by Crippen LogP contribution is 2.23. The van der Waals surface area contributed by atoms with E-state index in [4.69, 9.17) is 0 Å². The Morgan fingerprint density at radius 3 is 2.27 bits per heavy atom. The van der Waals surface area contributed by atoms with E-state index < -0.39 is 10.0 Å². The molecule has 0 aliphatic heterocycles. The highest BCUT2D eigenvalue weighted by molar-refractivity contribution is 7.88. The van der Waals surface area contributed by atoms with Crippen LogP contribution in [0.2, 0.25) is 0 Å². The molecule has 6 heteroatoms. The lowest BCUT2D eigenvalue weighted by molar-refractivity contribution is -0.116. The SMILES string of the molecule is CC(C)c1ccccc1NC(=O)CCN(Cc1ccccc1)S(C)(=O)=O. The van der Waals surface area contributed by atoms with Crippen LogP contribution in [-0.2, 0) is 21.4 Å². The van der Waals surface area contributed by atoms with E-state index in [0.29, 0.717) is 0 Å². The van der Waals surface area contributed by atoms with Gasteiger partial charge in [-0.05, 0) is 23.1 Å². The number of rotatable bonds is 8. The zero-order chi connectivity index (χ0) is 19.2. The Kier molecular flexibility index (Phi) is 6.94. The Balaban J connectivity index is 2.01. The van der Waals surface area contributed by atoms with Crippen LogP contribution in [0.4, 0.5) is 5.69 Å². The second-order valence-corrected chi connectivity index (χ2v) is 8.60. The standard InChI is InChI=1S/C20H26N2O3S/c1-16(2)18-11-7-8-12-19(18)21-20(23)13-14-22(26(3,24)25)15-17-9-5-4-6-10-17/h4-12,16H,13-15H2,1-3H3,(H,21,23). The number of carbonyl (C=O) groups excluding carboxylic acids is 1. The molecule has 0 fully saturated rings. The van der Waals surface area contributed by atoms with Gasteiger partial charge in [0.15, 0.2) is 0 Å². The van der Waals surface area contributed by atoms with Gasteiger partial charge in [0.1, 0.15) is 0 Å². The third-order valence-electron chi connectivity index (χ3n) is 4.12. The molecule has 0 saturated heterocycles. The minimum absolute atomic E-state index is 0.104. The lowest BCUT2D eigenvalue weighted by atomic mass is 10.0. The van der Waals surface area contributed by atoms with Crippen LogP contribution < -0.4 is 5.32 Å². The van der Waals surface area contributed by atoms with Gasteiger partial charge in [0, 0.05) is 25.2 Å². The summed E-state index contributed by atoms with van der Waals surface area (Å²) in [5, 5.41) is 2.90. The largest absolute Gasteiger partial charge is 0.326 e. The number of sulfonamides is 1. The smallest absolute Gasteiger partial charge is 0.225 e. The summed E-state index contributed by atoms with van der Waals surface area (Å²) in [5.41, 5.74) is 2.73. The Labute approximate surface area is 156 Å². The van der Waals surface area contributed by atoms with Gasteiger partial charge >= 0.3 is 0 Å². The number of hydrogen-bond donors (Lipinski definition) is 1. The topological polar surface area (TPSA) is 66.5 Å². The summed E-state index contributed by atoms with van der Waals surface area (Å²) in [4.78, 5) is 12.3. The molecule has 0 unspecified atom stereocenters. The van der Waals surface area contributed by atoms with Crippen molar-refractivity contribution >= 4 is 21.6 Å². The van der Waals surface area contributed by atoms with Crippen molar-refractivity contribution < 1.29 is 13.2 Å². The monoisotopic (exact) mass is 374 g/mol. The molecular weight excluding hydrogens is 348 g/mol. The summed E-state index contributed by atoms with van der Waals surface area (Å²) in [5.74, 6) is 0.0944. The van der Waals surface area contributed by atoms with E-state index in [1.807, 2.05) is 54.6 Å². The lowest BCUT2D eigenvalue weighted by Crippen LogP contribution is -2.32. The van der Waals surface area contributed by atoms with Crippen molar-refractivity contribution in [3.63, 3.8) is 0 Å². The van der Waals surface area contributed by atoms with E-state index in [1.54, 1.807) is 0 Å². The van der Waals surface area contributed by atoms with Crippen LogP contribution in [0.1, 0.15) is 37.3 Å². The van der Waals surface area contributed by atoms with Crippen LogP contribution in [0.15, 0.2) is 54.6 Å². The minimum atomic E-state index is -3.40. The molecule has 140 valence electrons. The predicted molar refractivity (Wildman–Crippen MR) is 105 cm³/mol. The Morgan fingerprint density at radius 2 is 1.65 bits per heavy atom. The summed E-state index contributed by atoms with van der Waals surface area (Å²) in [6, 6.07) is 17.0. The van der Waals surface area contributed by atoms with Gasteiger partial charge in [0.05, 0.1) is 6.26 Å². The Bertz CT molecular complexity index is 833. The molecule has 0 radical (unpaired) electrons. The predicted octanol–water partition coefficient (Wildman–Crippen LogP) is 3.60. The minimum Gasteiger partial charge on any atom is -0.326 e. The molecule has 0 aliphatic carbocycles. The summed E-state index contributed by atoms with van der Waals surface area (Å²) < 4.78 is 25.4. The number of hydrogen-bond acceptors (Lipinski definition) is 3. The van der Waals surface area contributed by atoms with E-state index in [2.05, 4.69) is 19.2 Å². The fourth-order valence-electron chi connectivity index (χ4n) is 2.70. The zero-order valence-corrected chi connectivity index (χ0v) is 16.3. The van der Waals surface area contributed by atoms with Crippen LogP contribution in [0.25, 0.3) is 0 Å². The molecule has 26 heavy (non-hydrogen) atoms. The van der Waals surface area contributed by atoms with Crippen molar-refractivity contribution in [2.24, 2.45) is 0 Å². The van der Waals surface area contributed by atoms with Gasteiger partial charge in [0.2, 0.25) is 15.9 Å². The first-order chi connectivity index (χ1) is 12.3. The Hall–Kier alpha value is -2.18. The average Bonchev–Trinajstić information content (AvgIpc) is 2.58. The number of benzene rings is 2. The molecule has 5 nitrogen and oxygen atoms in total. The van der Waals surface area contributed by atoms with Crippen molar-refractivity contribution in [1.29, 1.82) is 0 Å². The maximum absolute atomic E-state index is 12.3. The number of carbonyl (C=O) groups is 1. The average molecular weight is 375 g/mol. The van der Waals surface area contributed by atoms with Gasteiger partial charge in [-0.3, -0.25) is 4.79 Å². The Morgan fingerprint density at radius 1 is 1.04 bits per heavy atom. The molecule has 2 aromatic rings. The van der Waals surface area contributed by atoms with Crippen molar-refractivity contribution in [2.75, 3.05) is 18.1 Å². The maximum atomic E-state index is 12.3. The van der Waals surface area contributed by atoms with E-state index in [-0.39, 0.29) is 31.3 Å². The number of nitrogens with one attached hydrogen (secondary N) is 1. The van der Waals surface area contributed by atoms with E-state index >= 15 is 0 Å². The molecule has 0 aromatic heterocycles. The number of anilines is 1. The molecule has 0 aliphatic rings. The summed E-state index contributed by atoms with van der Waals surface area (Å²) >= 11 is 0. The van der Waals surface area contributed by atoms with Gasteiger partial charge in [0.25, 0.3) is 0 Å². The van der Waals surface area contributed by atoms with Crippen molar-refractivity contribution in [3.05, 3.63) is 65.7 Å². The highest BCUT2D eigenvalue weighted by Gasteiger charge is 2.18. The van der Waals surface area contributed by atoms with Gasteiger partial charge in [-0.25, -0.2) is 8.42 Å². The first-order valence-electron chi connectivity index (χ1n) is 8.65. The zero-order valence-electron chi connectivity index (χ0n) is 15.5. The number of nitrogens with zero attached hydrogens (tertiary/aromatic N) is 1. The second kappa shape index (κ2) is 8.96. The van der Waals surface area contributed by atoms with Crippen LogP contribution in [-0.4, -0.2) is 31.4 Å². The van der Waals surface area contributed by atoms with Gasteiger partial charge in [-0.2, -0.15) is 4.31 Å². The van der Waals surface area contributed by atoms with Crippen LogP contribution in [0, 0.1) is 0 Å². The normalized spacial score (nSPS) is 11.7. The molecule has 0 saturated carbocycles. The van der Waals surface area contributed by atoms with Gasteiger partial charge in [-0.1, -0.05) is 62.4 Å². The fourth-order valence-corrected chi connectivity index (χ4v) is 3.51. The summed E-state index contributed by atoms with van der Waals surface area (Å²) in [6.07, 6.45) is 1.27. The summed E-state index contributed by atoms with van der Waals surface area (Å²) in [7, 11) is -3.40. The first-order valence-corrected chi connectivity index (χ1v) is 10.5. The van der Waals surface area contributed by atoms with Crippen LogP contribution >= 0.6 is 0 Å². The molecule has 0 spiro atoms. The quantitative estimate of drug-likeness (QED) is 0.768. The molecule has 2 aromatic carbocycles. The number of amides is 1. The van der Waals surface area contributed by atoms with Crippen molar-refractivity contribution in [3.8, 4) is 0 Å².